The van der Waals surface area contributed by atoms with Crippen LogP contribution in [0.5, 0.6) is 0 Å². The maximum Gasteiger partial charge on any atom is 0.236 e. The number of para-hydroxylation sites is 1. The molecule has 0 aliphatic heterocycles. The molecule has 8 heteroatoms. The Balaban J connectivity index is 1.63. The first kappa shape index (κ1) is 17.3. The molecule has 0 saturated carbocycles. The van der Waals surface area contributed by atoms with Gasteiger partial charge >= 0.3 is 0 Å². The number of aromatic nitrogens is 3. The normalized spacial score (nSPS) is 11.1. The van der Waals surface area contributed by atoms with Crippen LogP contribution in [0.15, 0.2) is 39.7 Å². The van der Waals surface area contributed by atoms with E-state index < -0.39 is 0 Å². The fraction of sp³-hybridized carbons (Fsp3) is 0.312. The number of anilines is 1. The van der Waals surface area contributed by atoms with E-state index in [1.165, 1.54) is 22.2 Å². The highest BCUT2D eigenvalue weighted by atomic mass is 32.2. The molecule has 0 saturated heterocycles. The number of nitrogens with one attached hydrogen (secondary N) is 1. The van der Waals surface area contributed by atoms with Gasteiger partial charge in [0.25, 0.3) is 0 Å². The summed E-state index contributed by atoms with van der Waals surface area (Å²) in [6.45, 7) is 5.10. The molecule has 126 valence electrons. The lowest BCUT2D eigenvalue weighted by Gasteiger charge is -2.00. The lowest BCUT2D eigenvalue weighted by molar-refractivity contribution is -0.113. The SMILES string of the molecule is CCSc1nnc(NC(=O)CSc2cn(CC)c3ccccc23)s1. The first-order chi connectivity index (χ1) is 11.7. The summed E-state index contributed by atoms with van der Waals surface area (Å²) in [4.78, 5) is 13.3. The molecule has 24 heavy (non-hydrogen) atoms. The minimum absolute atomic E-state index is 0.0578. The van der Waals surface area contributed by atoms with E-state index in [9.17, 15) is 4.79 Å². The van der Waals surface area contributed by atoms with Crippen LogP contribution in [0, 0.1) is 0 Å². The number of aryl methyl sites for hydroxylation is 1. The summed E-state index contributed by atoms with van der Waals surface area (Å²) in [5.74, 6) is 1.24. The van der Waals surface area contributed by atoms with Crippen molar-refractivity contribution in [3.63, 3.8) is 0 Å². The number of hydrogen-bond donors (Lipinski definition) is 1. The number of rotatable bonds is 7. The first-order valence-corrected chi connectivity index (χ1v) is 10.5. The van der Waals surface area contributed by atoms with E-state index in [0.29, 0.717) is 10.9 Å². The number of benzene rings is 1. The van der Waals surface area contributed by atoms with E-state index in [1.807, 2.05) is 12.1 Å². The summed E-state index contributed by atoms with van der Waals surface area (Å²) in [5, 5.41) is 12.6. The Morgan fingerprint density at radius 1 is 1.25 bits per heavy atom. The summed E-state index contributed by atoms with van der Waals surface area (Å²) in [7, 11) is 0. The molecule has 1 amide bonds. The average Bonchev–Trinajstić information content (AvgIpc) is 3.17. The van der Waals surface area contributed by atoms with Gasteiger partial charge in [-0.25, -0.2) is 0 Å². The number of carbonyl (C=O) groups excluding carboxylic acids is 1. The van der Waals surface area contributed by atoms with Gasteiger partial charge in [-0.1, -0.05) is 48.2 Å². The Kier molecular flexibility index (Phi) is 5.80. The predicted octanol–water partition coefficient (Wildman–Crippen LogP) is 4.36. The van der Waals surface area contributed by atoms with Gasteiger partial charge in [0.15, 0.2) is 4.34 Å². The van der Waals surface area contributed by atoms with Gasteiger partial charge in [0.2, 0.25) is 11.0 Å². The van der Waals surface area contributed by atoms with Crippen molar-refractivity contribution in [2.24, 2.45) is 0 Å². The van der Waals surface area contributed by atoms with Crippen LogP contribution < -0.4 is 5.32 Å². The van der Waals surface area contributed by atoms with Crippen molar-refractivity contribution in [1.82, 2.24) is 14.8 Å². The van der Waals surface area contributed by atoms with E-state index in [-0.39, 0.29) is 5.91 Å². The van der Waals surface area contributed by atoms with Gasteiger partial charge in [-0.3, -0.25) is 10.1 Å². The topological polar surface area (TPSA) is 59.8 Å². The van der Waals surface area contributed by atoms with Crippen molar-refractivity contribution in [1.29, 1.82) is 0 Å². The third-order valence-electron chi connectivity index (χ3n) is 3.37. The number of nitrogens with zero attached hydrogens (tertiary/aromatic N) is 3. The van der Waals surface area contributed by atoms with Crippen molar-refractivity contribution >= 4 is 56.8 Å². The minimum atomic E-state index is -0.0578. The molecule has 0 spiro atoms. The maximum atomic E-state index is 12.2. The Bertz CT molecular complexity index is 843. The molecule has 3 rings (SSSR count). The zero-order valence-electron chi connectivity index (χ0n) is 13.5. The van der Waals surface area contributed by atoms with E-state index in [0.717, 1.165) is 21.5 Å². The molecule has 0 atom stereocenters. The van der Waals surface area contributed by atoms with Crippen molar-refractivity contribution in [3.05, 3.63) is 30.5 Å². The van der Waals surface area contributed by atoms with Crippen molar-refractivity contribution < 1.29 is 4.79 Å². The first-order valence-electron chi connectivity index (χ1n) is 7.68. The Hall–Kier alpha value is -1.51. The van der Waals surface area contributed by atoms with Gasteiger partial charge < -0.3 is 4.57 Å². The van der Waals surface area contributed by atoms with Crippen LogP contribution in [0.25, 0.3) is 10.9 Å². The van der Waals surface area contributed by atoms with Crippen LogP contribution in [-0.4, -0.2) is 32.2 Å². The van der Waals surface area contributed by atoms with Crippen molar-refractivity contribution in [2.75, 3.05) is 16.8 Å². The average molecular weight is 379 g/mol. The van der Waals surface area contributed by atoms with Crippen molar-refractivity contribution in [2.45, 2.75) is 29.6 Å². The van der Waals surface area contributed by atoms with Crippen LogP contribution in [0.4, 0.5) is 5.13 Å². The largest absolute Gasteiger partial charge is 0.347 e. The second kappa shape index (κ2) is 8.04. The summed E-state index contributed by atoms with van der Waals surface area (Å²) in [6.07, 6.45) is 2.11. The predicted molar refractivity (Wildman–Crippen MR) is 103 cm³/mol. The molecule has 5 nitrogen and oxygen atoms in total. The molecular weight excluding hydrogens is 360 g/mol. The molecule has 2 heterocycles. The van der Waals surface area contributed by atoms with E-state index in [1.54, 1.807) is 23.5 Å². The maximum absolute atomic E-state index is 12.2. The van der Waals surface area contributed by atoms with Crippen LogP contribution >= 0.6 is 34.9 Å². The Labute approximate surface area is 153 Å². The molecule has 2 aromatic heterocycles. The van der Waals surface area contributed by atoms with Crippen molar-refractivity contribution in [3.8, 4) is 0 Å². The summed E-state index contributed by atoms with van der Waals surface area (Å²) >= 11 is 4.59. The second-order valence-electron chi connectivity index (χ2n) is 4.94. The zero-order valence-corrected chi connectivity index (χ0v) is 15.9. The van der Waals surface area contributed by atoms with Crippen LogP contribution in [-0.2, 0) is 11.3 Å². The summed E-state index contributed by atoms with van der Waals surface area (Å²) in [6, 6.07) is 8.27. The zero-order chi connectivity index (χ0) is 16.9. The van der Waals surface area contributed by atoms with Gasteiger partial charge in [-0.15, -0.1) is 22.0 Å². The van der Waals surface area contributed by atoms with Gasteiger partial charge in [0.05, 0.1) is 5.75 Å². The highest BCUT2D eigenvalue weighted by molar-refractivity contribution is 8.01. The molecule has 0 unspecified atom stereocenters. The second-order valence-corrected chi connectivity index (χ2v) is 8.45. The number of carbonyl (C=O) groups is 1. The van der Waals surface area contributed by atoms with Gasteiger partial charge in [0, 0.05) is 28.5 Å². The van der Waals surface area contributed by atoms with Crippen LogP contribution in [0.1, 0.15) is 13.8 Å². The quantitative estimate of drug-likeness (QED) is 0.489. The van der Waals surface area contributed by atoms with Gasteiger partial charge in [0.1, 0.15) is 0 Å². The Morgan fingerprint density at radius 2 is 2.08 bits per heavy atom. The number of thioether (sulfide) groups is 2. The number of hydrogen-bond acceptors (Lipinski definition) is 6. The smallest absolute Gasteiger partial charge is 0.236 e. The molecule has 3 aromatic rings. The molecule has 0 bridgehead atoms. The number of fused-ring (bicyclic) bond motifs is 1. The highest BCUT2D eigenvalue weighted by Gasteiger charge is 2.12. The molecule has 0 aliphatic carbocycles. The fourth-order valence-electron chi connectivity index (χ4n) is 2.33. The number of amides is 1. The summed E-state index contributed by atoms with van der Waals surface area (Å²) in [5.41, 5.74) is 1.20. The van der Waals surface area contributed by atoms with E-state index in [2.05, 4.69) is 52.3 Å². The molecule has 0 radical (unpaired) electrons. The van der Waals surface area contributed by atoms with E-state index in [4.69, 9.17) is 0 Å². The molecule has 1 N–H and O–H groups in total. The fourth-order valence-corrected chi connectivity index (χ4v) is 4.88. The van der Waals surface area contributed by atoms with E-state index >= 15 is 0 Å². The minimum Gasteiger partial charge on any atom is -0.347 e. The summed E-state index contributed by atoms with van der Waals surface area (Å²) < 4.78 is 3.08. The van der Waals surface area contributed by atoms with Gasteiger partial charge in [-0.05, 0) is 18.7 Å². The lowest BCUT2D eigenvalue weighted by Crippen LogP contribution is -2.13. The van der Waals surface area contributed by atoms with Crippen LogP contribution in [0.2, 0.25) is 0 Å². The lowest BCUT2D eigenvalue weighted by atomic mass is 10.2. The van der Waals surface area contributed by atoms with Gasteiger partial charge in [-0.2, -0.15) is 0 Å². The molecule has 0 fully saturated rings. The molecule has 0 aliphatic rings. The Morgan fingerprint density at radius 3 is 2.88 bits per heavy atom. The molecular formula is C16H18N4OS3. The monoisotopic (exact) mass is 378 g/mol. The molecule has 1 aromatic carbocycles. The standard InChI is InChI=1S/C16H18N4OS3/c1-3-20-9-13(11-7-5-6-8-12(11)20)23-10-14(21)17-15-18-19-16(24-15)22-4-2/h5-9H,3-4,10H2,1-2H3,(H,17,18,21). The highest BCUT2D eigenvalue weighted by Crippen LogP contribution is 2.30. The van der Waals surface area contributed by atoms with Crippen LogP contribution in [0.3, 0.4) is 0 Å². The third kappa shape index (κ3) is 3.93. The third-order valence-corrected chi connectivity index (χ3v) is 6.27.